The first kappa shape index (κ1) is 12.9. The molecule has 1 saturated carbocycles. The molecule has 0 aromatic heterocycles. The normalized spacial score (nSPS) is 33.3. The third kappa shape index (κ3) is 3.92. The lowest BCUT2D eigenvalue weighted by Gasteiger charge is -2.36. The molecule has 3 fully saturated rings. The van der Waals surface area contributed by atoms with E-state index in [0.29, 0.717) is 12.2 Å². The maximum absolute atomic E-state index is 5.84. The van der Waals surface area contributed by atoms with Crippen molar-refractivity contribution in [3.05, 3.63) is 0 Å². The minimum atomic E-state index is 0.252. The molecule has 2 heterocycles. The summed E-state index contributed by atoms with van der Waals surface area (Å²) in [6.07, 6.45) is 7.20. The van der Waals surface area contributed by atoms with Gasteiger partial charge in [0.05, 0.1) is 39.6 Å². The Morgan fingerprint density at radius 2 is 1.33 bits per heavy atom. The highest BCUT2D eigenvalue weighted by molar-refractivity contribution is 4.83. The summed E-state index contributed by atoms with van der Waals surface area (Å²) in [5.41, 5.74) is 0.252. The second-order valence-electron chi connectivity index (χ2n) is 6.00. The fourth-order valence-electron chi connectivity index (χ4n) is 2.77. The molecular formula is C14H24O4. The zero-order valence-electron chi connectivity index (χ0n) is 11.1. The molecule has 104 valence electrons. The van der Waals surface area contributed by atoms with Gasteiger partial charge in [-0.1, -0.05) is 19.3 Å². The van der Waals surface area contributed by atoms with Crippen LogP contribution < -0.4 is 0 Å². The minimum Gasteiger partial charge on any atom is -0.378 e. The quantitative estimate of drug-likeness (QED) is 0.621. The zero-order valence-corrected chi connectivity index (χ0v) is 11.1. The molecule has 2 aliphatic heterocycles. The molecule has 0 aromatic carbocycles. The van der Waals surface area contributed by atoms with E-state index in [1.165, 1.54) is 32.1 Å². The van der Waals surface area contributed by atoms with Crippen molar-refractivity contribution in [2.75, 3.05) is 39.6 Å². The molecule has 0 radical (unpaired) electrons. The van der Waals surface area contributed by atoms with Gasteiger partial charge in [-0.2, -0.15) is 0 Å². The lowest BCUT2D eigenvalue weighted by molar-refractivity contribution is -0.0469. The van der Waals surface area contributed by atoms with Crippen molar-refractivity contribution in [1.82, 2.24) is 0 Å². The first-order chi connectivity index (χ1) is 8.86. The van der Waals surface area contributed by atoms with E-state index in [1.807, 2.05) is 0 Å². The van der Waals surface area contributed by atoms with Crippen LogP contribution in [-0.4, -0.2) is 51.8 Å². The number of epoxide rings is 2. The molecule has 0 bridgehead atoms. The molecule has 2 atom stereocenters. The van der Waals surface area contributed by atoms with Gasteiger partial charge in [0.25, 0.3) is 0 Å². The summed E-state index contributed by atoms with van der Waals surface area (Å²) in [6.45, 7) is 4.93. The predicted octanol–water partition coefficient (Wildman–Crippen LogP) is 1.77. The molecule has 2 saturated heterocycles. The first-order valence-corrected chi connectivity index (χ1v) is 7.25. The third-order valence-corrected chi connectivity index (χ3v) is 4.14. The second-order valence-corrected chi connectivity index (χ2v) is 6.00. The van der Waals surface area contributed by atoms with Gasteiger partial charge < -0.3 is 18.9 Å². The summed E-state index contributed by atoms with van der Waals surface area (Å²) in [5, 5.41) is 0. The van der Waals surface area contributed by atoms with Crippen LogP contribution in [0.5, 0.6) is 0 Å². The smallest absolute Gasteiger partial charge is 0.104 e. The average Bonchev–Trinajstić information content (AvgIpc) is 3.25. The predicted molar refractivity (Wildman–Crippen MR) is 66.6 cm³/mol. The Balaban J connectivity index is 1.41. The van der Waals surface area contributed by atoms with E-state index in [0.717, 1.165) is 39.6 Å². The molecule has 0 N–H and O–H groups in total. The van der Waals surface area contributed by atoms with Crippen molar-refractivity contribution in [3.8, 4) is 0 Å². The number of rotatable bonds is 8. The molecule has 3 rings (SSSR count). The Morgan fingerprint density at radius 1 is 0.833 bits per heavy atom. The highest BCUT2D eigenvalue weighted by Gasteiger charge is 2.34. The molecule has 0 spiro atoms. The lowest BCUT2D eigenvalue weighted by atomic mass is 9.75. The number of hydrogen-bond donors (Lipinski definition) is 0. The summed E-state index contributed by atoms with van der Waals surface area (Å²) >= 11 is 0. The number of ether oxygens (including phenoxy) is 4. The van der Waals surface area contributed by atoms with Gasteiger partial charge in [0, 0.05) is 5.41 Å². The Morgan fingerprint density at radius 3 is 1.78 bits per heavy atom. The van der Waals surface area contributed by atoms with Gasteiger partial charge >= 0.3 is 0 Å². The van der Waals surface area contributed by atoms with E-state index in [9.17, 15) is 0 Å². The van der Waals surface area contributed by atoms with E-state index in [4.69, 9.17) is 18.9 Å². The van der Waals surface area contributed by atoms with Crippen LogP contribution in [-0.2, 0) is 18.9 Å². The van der Waals surface area contributed by atoms with Crippen LogP contribution in [0.3, 0.4) is 0 Å². The first-order valence-electron chi connectivity index (χ1n) is 7.25. The highest BCUT2D eigenvalue weighted by Crippen LogP contribution is 2.37. The molecule has 1 aliphatic carbocycles. The summed E-state index contributed by atoms with van der Waals surface area (Å²) in [7, 11) is 0. The van der Waals surface area contributed by atoms with Crippen LogP contribution in [0.15, 0.2) is 0 Å². The number of hydrogen-bond acceptors (Lipinski definition) is 4. The van der Waals surface area contributed by atoms with Crippen molar-refractivity contribution in [3.63, 3.8) is 0 Å². The van der Waals surface area contributed by atoms with Crippen LogP contribution in [0.4, 0.5) is 0 Å². The molecule has 3 aliphatic rings. The molecule has 2 unspecified atom stereocenters. The van der Waals surface area contributed by atoms with Crippen molar-refractivity contribution in [2.24, 2.45) is 5.41 Å². The van der Waals surface area contributed by atoms with Crippen molar-refractivity contribution >= 4 is 0 Å². The maximum Gasteiger partial charge on any atom is 0.104 e. The molecule has 0 aromatic rings. The van der Waals surface area contributed by atoms with Crippen LogP contribution >= 0.6 is 0 Å². The van der Waals surface area contributed by atoms with Gasteiger partial charge in [0.2, 0.25) is 0 Å². The Kier molecular flexibility index (Phi) is 4.19. The molecule has 0 amide bonds. The second kappa shape index (κ2) is 5.87. The van der Waals surface area contributed by atoms with Gasteiger partial charge in [-0.25, -0.2) is 0 Å². The van der Waals surface area contributed by atoms with Crippen molar-refractivity contribution in [1.29, 1.82) is 0 Å². The summed E-state index contributed by atoms with van der Waals surface area (Å²) < 4.78 is 22.0. The van der Waals surface area contributed by atoms with Crippen molar-refractivity contribution < 1.29 is 18.9 Å². The molecular weight excluding hydrogens is 232 g/mol. The molecule has 18 heavy (non-hydrogen) atoms. The van der Waals surface area contributed by atoms with Crippen LogP contribution in [0.2, 0.25) is 0 Å². The van der Waals surface area contributed by atoms with E-state index >= 15 is 0 Å². The fraction of sp³-hybridized carbons (Fsp3) is 1.00. The van der Waals surface area contributed by atoms with Crippen LogP contribution in [0.25, 0.3) is 0 Å². The summed E-state index contributed by atoms with van der Waals surface area (Å²) in [4.78, 5) is 0. The third-order valence-electron chi connectivity index (χ3n) is 4.14. The fourth-order valence-corrected chi connectivity index (χ4v) is 2.77. The minimum absolute atomic E-state index is 0.252. The van der Waals surface area contributed by atoms with E-state index in [-0.39, 0.29) is 5.41 Å². The highest BCUT2D eigenvalue weighted by atomic mass is 16.6. The van der Waals surface area contributed by atoms with Gasteiger partial charge in [-0.15, -0.1) is 0 Å². The average molecular weight is 256 g/mol. The van der Waals surface area contributed by atoms with Gasteiger partial charge in [-0.05, 0) is 12.8 Å². The monoisotopic (exact) mass is 256 g/mol. The SMILES string of the molecule is C1CCC(COCC2CO2)(COCC2CO2)CC1. The van der Waals surface area contributed by atoms with Gasteiger partial charge in [0.1, 0.15) is 12.2 Å². The van der Waals surface area contributed by atoms with Crippen molar-refractivity contribution in [2.45, 2.75) is 44.3 Å². The van der Waals surface area contributed by atoms with E-state index in [2.05, 4.69) is 0 Å². The Labute approximate surface area is 109 Å². The van der Waals surface area contributed by atoms with E-state index < -0.39 is 0 Å². The largest absolute Gasteiger partial charge is 0.378 e. The molecule has 4 nitrogen and oxygen atoms in total. The van der Waals surface area contributed by atoms with Gasteiger partial charge in [-0.3, -0.25) is 0 Å². The molecule has 4 heteroatoms. The summed E-state index contributed by atoms with van der Waals surface area (Å²) in [6, 6.07) is 0. The van der Waals surface area contributed by atoms with Crippen LogP contribution in [0, 0.1) is 5.41 Å². The van der Waals surface area contributed by atoms with Gasteiger partial charge in [0.15, 0.2) is 0 Å². The lowest BCUT2D eigenvalue weighted by Crippen LogP contribution is -2.35. The Hall–Kier alpha value is -0.160. The summed E-state index contributed by atoms with van der Waals surface area (Å²) in [5.74, 6) is 0. The zero-order chi connectivity index (χ0) is 12.3. The van der Waals surface area contributed by atoms with E-state index in [1.54, 1.807) is 0 Å². The Bertz CT molecular complexity index is 235. The topological polar surface area (TPSA) is 43.5 Å². The standard InChI is InChI=1S/C14H24O4/c1-2-4-14(5-3-1,10-15-6-12-8-17-12)11-16-7-13-9-18-13/h12-13H,1-11H2. The van der Waals surface area contributed by atoms with Crippen LogP contribution in [0.1, 0.15) is 32.1 Å². The maximum atomic E-state index is 5.84.